The number of esters is 1. The van der Waals surface area contributed by atoms with Crippen molar-refractivity contribution in [3.05, 3.63) is 58.6 Å². The van der Waals surface area contributed by atoms with Crippen LogP contribution in [0.25, 0.3) is 0 Å². The van der Waals surface area contributed by atoms with E-state index in [-0.39, 0.29) is 30.9 Å². The fourth-order valence-corrected chi connectivity index (χ4v) is 3.14. The molecule has 0 aliphatic carbocycles. The number of amides is 1. The third-order valence-electron chi connectivity index (χ3n) is 4.74. The van der Waals surface area contributed by atoms with Gasteiger partial charge in [-0.3, -0.25) is 14.2 Å². The summed E-state index contributed by atoms with van der Waals surface area (Å²) in [5.74, 6) is -1.03. The number of anilines is 1. The van der Waals surface area contributed by atoms with Gasteiger partial charge in [0.05, 0.1) is 13.0 Å². The van der Waals surface area contributed by atoms with Gasteiger partial charge in [-0.2, -0.15) is 4.98 Å². The van der Waals surface area contributed by atoms with Gasteiger partial charge in [-0.1, -0.05) is 18.2 Å². The van der Waals surface area contributed by atoms with Crippen molar-refractivity contribution < 1.29 is 29.0 Å². The number of carbonyl (C=O) groups excluding carboxylic acids is 3. The summed E-state index contributed by atoms with van der Waals surface area (Å²) in [7, 11) is 0. The highest BCUT2D eigenvalue weighted by molar-refractivity contribution is 6.03. The second-order valence-electron chi connectivity index (χ2n) is 7.10. The maximum Gasteiger partial charge on any atom is 0.351 e. The van der Waals surface area contributed by atoms with Gasteiger partial charge < -0.3 is 24.7 Å². The van der Waals surface area contributed by atoms with E-state index in [9.17, 15) is 24.3 Å². The van der Waals surface area contributed by atoms with E-state index in [1.165, 1.54) is 23.8 Å². The largest absolute Gasteiger partial charge is 0.459 e. The molecule has 0 saturated carbocycles. The van der Waals surface area contributed by atoms with Crippen LogP contribution >= 0.6 is 0 Å². The number of ketones is 1. The average molecular weight is 429 g/mol. The number of carbonyl (C=O) groups is 3. The molecule has 1 aromatic carbocycles. The molecule has 3 rings (SSSR count). The van der Waals surface area contributed by atoms with E-state index in [4.69, 9.17) is 9.47 Å². The summed E-state index contributed by atoms with van der Waals surface area (Å²) in [6, 6.07) is 9.94. The Morgan fingerprint density at radius 2 is 1.97 bits per heavy atom. The Balaban J connectivity index is 1.65. The highest BCUT2D eigenvalue weighted by Gasteiger charge is 2.39. The van der Waals surface area contributed by atoms with Crippen molar-refractivity contribution in [1.29, 1.82) is 0 Å². The zero-order valence-electron chi connectivity index (χ0n) is 16.9. The maximum atomic E-state index is 12.5. The molecule has 0 radical (unpaired) electrons. The maximum absolute atomic E-state index is 12.5. The number of aliphatic hydroxyl groups is 1. The van der Waals surface area contributed by atoms with Crippen LogP contribution in [0.2, 0.25) is 0 Å². The number of benzene rings is 1. The third kappa shape index (κ3) is 5.83. The van der Waals surface area contributed by atoms with Gasteiger partial charge >= 0.3 is 11.7 Å². The highest BCUT2D eigenvalue weighted by Crippen LogP contribution is 2.30. The minimum atomic E-state index is -0.810. The van der Waals surface area contributed by atoms with E-state index in [1.807, 2.05) is 0 Å². The molecule has 10 heteroatoms. The summed E-state index contributed by atoms with van der Waals surface area (Å²) in [6.07, 6.45) is -0.829. The van der Waals surface area contributed by atoms with Crippen LogP contribution < -0.4 is 11.0 Å². The molecule has 1 amide bonds. The predicted molar refractivity (Wildman–Crippen MR) is 108 cm³/mol. The van der Waals surface area contributed by atoms with Crippen LogP contribution in [0.1, 0.15) is 42.8 Å². The van der Waals surface area contributed by atoms with Crippen LogP contribution in [0.3, 0.4) is 0 Å². The van der Waals surface area contributed by atoms with Gasteiger partial charge in [0.15, 0.2) is 0 Å². The van der Waals surface area contributed by atoms with Gasteiger partial charge in [-0.15, -0.1) is 0 Å². The molecule has 3 atom stereocenters. The lowest BCUT2D eigenvalue weighted by Gasteiger charge is -2.16. The van der Waals surface area contributed by atoms with E-state index in [0.717, 1.165) is 0 Å². The van der Waals surface area contributed by atoms with Crippen LogP contribution in [0.4, 0.5) is 5.82 Å². The second-order valence-corrected chi connectivity index (χ2v) is 7.10. The second kappa shape index (κ2) is 10.1. The van der Waals surface area contributed by atoms with Gasteiger partial charge in [-0.05, 0) is 25.1 Å². The summed E-state index contributed by atoms with van der Waals surface area (Å²) in [6.45, 7) is 0.971. The molecule has 0 unspecified atom stereocenters. The average Bonchev–Trinajstić information content (AvgIpc) is 3.15. The zero-order chi connectivity index (χ0) is 22.4. The van der Waals surface area contributed by atoms with E-state index >= 15 is 0 Å². The summed E-state index contributed by atoms with van der Waals surface area (Å²) in [4.78, 5) is 51.4. The molecule has 2 heterocycles. The normalized spacial score (nSPS) is 20.3. The Kier molecular flexibility index (Phi) is 7.27. The Hall–Kier alpha value is -3.37. The van der Waals surface area contributed by atoms with Crippen LogP contribution in [0.15, 0.2) is 47.4 Å². The first-order valence-electron chi connectivity index (χ1n) is 9.78. The Morgan fingerprint density at radius 1 is 1.23 bits per heavy atom. The summed E-state index contributed by atoms with van der Waals surface area (Å²) >= 11 is 0. The van der Waals surface area contributed by atoms with Crippen molar-refractivity contribution in [1.82, 2.24) is 9.55 Å². The van der Waals surface area contributed by atoms with E-state index in [2.05, 4.69) is 10.3 Å². The van der Waals surface area contributed by atoms with Crippen LogP contribution in [0, 0.1) is 0 Å². The Bertz CT molecular complexity index is 1010. The molecule has 1 fully saturated rings. The van der Waals surface area contributed by atoms with Crippen molar-refractivity contribution in [3.63, 3.8) is 0 Å². The SMILES string of the molecule is CC(=O)CCC(=O)O[C@@H]1C[C@@H](n2ccc(NC(=O)c3ccccc3)nc2=O)O[C@H]1CO. The van der Waals surface area contributed by atoms with Crippen LogP contribution in [-0.4, -0.2) is 51.1 Å². The lowest BCUT2D eigenvalue weighted by Crippen LogP contribution is -2.30. The molecule has 10 nitrogen and oxygen atoms in total. The van der Waals surface area contributed by atoms with Crippen molar-refractivity contribution in [2.24, 2.45) is 0 Å². The first-order chi connectivity index (χ1) is 14.9. The predicted octanol–water partition coefficient (Wildman–Crippen LogP) is 1.06. The number of hydrogen-bond donors (Lipinski definition) is 2. The van der Waals surface area contributed by atoms with E-state index in [1.54, 1.807) is 30.3 Å². The molecule has 0 spiro atoms. The quantitative estimate of drug-likeness (QED) is 0.594. The molecule has 31 heavy (non-hydrogen) atoms. The molecule has 1 aliphatic heterocycles. The van der Waals surface area contributed by atoms with Gasteiger partial charge in [0.1, 0.15) is 30.0 Å². The minimum absolute atomic E-state index is 0.0635. The first-order valence-corrected chi connectivity index (χ1v) is 9.78. The molecular weight excluding hydrogens is 406 g/mol. The zero-order valence-corrected chi connectivity index (χ0v) is 16.9. The van der Waals surface area contributed by atoms with Crippen LogP contribution in [-0.2, 0) is 19.1 Å². The van der Waals surface area contributed by atoms with Gasteiger partial charge in [0.25, 0.3) is 5.91 Å². The number of nitrogens with one attached hydrogen (secondary N) is 1. The number of hydrogen-bond acceptors (Lipinski definition) is 8. The van der Waals surface area contributed by atoms with Gasteiger partial charge in [0.2, 0.25) is 0 Å². The molecule has 164 valence electrons. The number of ether oxygens (including phenoxy) is 2. The minimum Gasteiger partial charge on any atom is -0.459 e. The Labute approximate surface area is 177 Å². The fourth-order valence-electron chi connectivity index (χ4n) is 3.14. The highest BCUT2D eigenvalue weighted by atomic mass is 16.6. The monoisotopic (exact) mass is 429 g/mol. The third-order valence-corrected chi connectivity index (χ3v) is 4.74. The molecule has 2 N–H and O–H groups in total. The number of aliphatic hydroxyl groups excluding tert-OH is 1. The number of aromatic nitrogens is 2. The lowest BCUT2D eigenvalue weighted by molar-refractivity contribution is -0.153. The molecule has 1 aliphatic rings. The number of Topliss-reactive ketones (excluding diaryl/α,β-unsaturated/α-hetero) is 1. The van der Waals surface area contributed by atoms with E-state index in [0.29, 0.717) is 5.56 Å². The molecule has 2 aromatic rings. The van der Waals surface area contributed by atoms with Gasteiger partial charge in [-0.25, -0.2) is 4.79 Å². The van der Waals surface area contributed by atoms with Crippen LogP contribution in [0.5, 0.6) is 0 Å². The lowest BCUT2D eigenvalue weighted by atomic mass is 10.2. The standard InChI is InChI=1S/C21H23N3O7/c1-13(26)7-8-19(27)31-15-11-18(30-16(15)12-25)24-10-9-17(23-21(24)29)22-20(28)14-5-3-2-4-6-14/h2-6,9-10,15-16,18,25H,7-8,11-12H2,1H3,(H,22,23,28,29)/t15-,16+,18+/m1/s1. The number of nitrogens with zero attached hydrogens (tertiary/aromatic N) is 2. The first kappa shape index (κ1) is 22.3. The summed E-state index contributed by atoms with van der Waals surface area (Å²) < 4.78 is 12.2. The molecule has 0 bridgehead atoms. The van der Waals surface area contributed by atoms with Gasteiger partial charge in [0, 0.05) is 24.6 Å². The molecule has 1 saturated heterocycles. The summed E-state index contributed by atoms with van der Waals surface area (Å²) in [5.41, 5.74) is -0.246. The van der Waals surface area contributed by atoms with Crippen molar-refractivity contribution in [2.45, 2.75) is 44.6 Å². The van der Waals surface area contributed by atoms with E-state index < -0.39 is 42.6 Å². The smallest absolute Gasteiger partial charge is 0.351 e. The summed E-state index contributed by atoms with van der Waals surface area (Å²) in [5, 5.41) is 12.1. The fraction of sp³-hybridized carbons (Fsp3) is 0.381. The molecular formula is C21H23N3O7. The van der Waals surface area contributed by atoms with Crippen molar-refractivity contribution >= 4 is 23.5 Å². The molecule has 1 aromatic heterocycles. The topological polar surface area (TPSA) is 137 Å². The number of rotatable bonds is 8. The van der Waals surface area contributed by atoms with Crippen molar-refractivity contribution in [2.75, 3.05) is 11.9 Å². The Morgan fingerprint density at radius 3 is 2.61 bits per heavy atom. The van der Waals surface area contributed by atoms with Crippen molar-refractivity contribution in [3.8, 4) is 0 Å².